The van der Waals surface area contributed by atoms with Gasteiger partial charge in [-0.05, 0) is 23.8 Å². The molecule has 2 rings (SSSR count). The second-order valence-corrected chi connectivity index (χ2v) is 4.84. The van der Waals surface area contributed by atoms with E-state index < -0.39 is 0 Å². The molecule has 1 nitrogen and oxygen atoms in total. The summed E-state index contributed by atoms with van der Waals surface area (Å²) in [5, 5.41) is 0. The van der Waals surface area contributed by atoms with E-state index >= 15 is 0 Å². The maximum absolute atomic E-state index is 11.6. The summed E-state index contributed by atoms with van der Waals surface area (Å²) in [6, 6.07) is 10.5. The van der Waals surface area contributed by atoms with Crippen LogP contribution in [-0.2, 0) is 4.79 Å². The molecule has 0 bridgehead atoms. The van der Waals surface area contributed by atoms with Crippen LogP contribution in [0, 0.1) is 11.8 Å². The number of carbonyl (C=O) groups is 1. The Bertz CT molecular complexity index is 340. The molecule has 1 fully saturated rings. The first-order chi connectivity index (χ1) is 7.18. The van der Waals surface area contributed by atoms with Crippen LogP contribution in [0.5, 0.6) is 0 Å². The van der Waals surface area contributed by atoms with Crippen LogP contribution in [0.15, 0.2) is 30.3 Å². The summed E-state index contributed by atoms with van der Waals surface area (Å²) in [4.78, 5) is 11.6. The third-order valence-electron chi connectivity index (χ3n) is 3.26. The molecule has 0 saturated heterocycles. The molecule has 0 amide bonds. The van der Waals surface area contributed by atoms with Gasteiger partial charge in [0.25, 0.3) is 0 Å². The van der Waals surface area contributed by atoms with Gasteiger partial charge in [0.05, 0.1) is 0 Å². The van der Waals surface area contributed by atoms with Gasteiger partial charge in [0.2, 0.25) is 0 Å². The van der Waals surface area contributed by atoms with E-state index in [2.05, 4.69) is 24.3 Å². The van der Waals surface area contributed by atoms with E-state index in [4.69, 9.17) is 0 Å². The number of carbonyl (C=O) groups excluding carboxylic acids is 1. The minimum absolute atomic E-state index is 0.196. The monoisotopic (exact) mass is 202 g/mol. The number of Topliss-reactive ketones (excluding diaryl/α,β-unsaturated/α-hetero) is 1. The summed E-state index contributed by atoms with van der Waals surface area (Å²) in [6.45, 7) is 3.98. The van der Waals surface area contributed by atoms with Crippen molar-refractivity contribution in [3.8, 4) is 0 Å². The van der Waals surface area contributed by atoms with Crippen molar-refractivity contribution < 1.29 is 4.79 Å². The molecular weight excluding hydrogens is 184 g/mol. The summed E-state index contributed by atoms with van der Waals surface area (Å²) in [6.07, 6.45) is 1.97. The Balaban J connectivity index is 1.89. The fourth-order valence-electron chi connectivity index (χ4n) is 2.08. The molecule has 0 aliphatic heterocycles. The van der Waals surface area contributed by atoms with Crippen LogP contribution in [0.4, 0.5) is 0 Å². The zero-order valence-electron chi connectivity index (χ0n) is 9.44. The van der Waals surface area contributed by atoms with Crippen LogP contribution < -0.4 is 0 Å². The van der Waals surface area contributed by atoms with Crippen molar-refractivity contribution in [3.05, 3.63) is 35.9 Å². The molecule has 1 aliphatic carbocycles. The van der Waals surface area contributed by atoms with E-state index in [1.807, 2.05) is 19.9 Å². The van der Waals surface area contributed by atoms with Crippen LogP contribution >= 0.6 is 0 Å². The average Bonchev–Trinajstić information content (AvgIpc) is 2.98. The lowest BCUT2D eigenvalue weighted by molar-refractivity contribution is -0.122. The Kier molecular flexibility index (Phi) is 2.90. The molecular formula is C14H18O. The highest BCUT2D eigenvalue weighted by atomic mass is 16.1. The van der Waals surface area contributed by atoms with E-state index in [-0.39, 0.29) is 5.92 Å². The third-order valence-corrected chi connectivity index (χ3v) is 3.26. The Morgan fingerprint density at radius 1 is 1.33 bits per heavy atom. The first kappa shape index (κ1) is 10.4. The summed E-state index contributed by atoms with van der Waals surface area (Å²) in [7, 11) is 0. The van der Waals surface area contributed by atoms with Gasteiger partial charge in [-0.25, -0.2) is 0 Å². The van der Waals surface area contributed by atoms with E-state index in [0.29, 0.717) is 17.6 Å². The van der Waals surface area contributed by atoms with Crippen molar-refractivity contribution in [1.29, 1.82) is 0 Å². The zero-order chi connectivity index (χ0) is 10.8. The molecule has 0 N–H and O–H groups in total. The van der Waals surface area contributed by atoms with Crippen molar-refractivity contribution in [2.75, 3.05) is 0 Å². The summed E-state index contributed by atoms with van der Waals surface area (Å²) < 4.78 is 0. The molecule has 15 heavy (non-hydrogen) atoms. The Morgan fingerprint density at radius 3 is 2.60 bits per heavy atom. The van der Waals surface area contributed by atoms with Crippen molar-refractivity contribution in [3.63, 3.8) is 0 Å². The number of rotatable bonds is 4. The largest absolute Gasteiger partial charge is 0.299 e. The predicted octanol–water partition coefficient (Wildman–Crippen LogP) is 3.41. The highest BCUT2D eigenvalue weighted by Crippen LogP contribution is 2.49. The molecule has 0 spiro atoms. The molecule has 1 aromatic rings. The summed E-state index contributed by atoms with van der Waals surface area (Å²) >= 11 is 0. The smallest absolute Gasteiger partial charge is 0.135 e. The number of hydrogen-bond acceptors (Lipinski definition) is 1. The van der Waals surface area contributed by atoms with E-state index in [1.165, 1.54) is 12.0 Å². The molecule has 1 saturated carbocycles. The Hall–Kier alpha value is -1.11. The second-order valence-electron chi connectivity index (χ2n) is 4.84. The van der Waals surface area contributed by atoms with Crippen molar-refractivity contribution >= 4 is 5.78 Å². The van der Waals surface area contributed by atoms with Gasteiger partial charge in [-0.2, -0.15) is 0 Å². The highest BCUT2D eigenvalue weighted by molar-refractivity contribution is 5.81. The third kappa shape index (κ3) is 2.47. The van der Waals surface area contributed by atoms with Gasteiger partial charge in [-0.15, -0.1) is 0 Å². The van der Waals surface area contributed by atoms with Gasteiger partial charge >= 0.3 is 0 Å². The molecule has 0 heterocycles. The summed E-state index contributed by atoms with van der Waals surface area (Å²) in [5.74, 6) is 1.87. The molecule has 1 aliphatic rings. The van der Waals surface area contributed by atoms with Crippen molar-refractivity contribution in [2.45, 2.75) is 32.6 Å². The molecule has 1 aromatic carbocycles. The number of benzene rings is 1. The minimum Gasteiger partial charge on any atom is -0.299 e. The topological polar surface area (TPSA) is 17.1 Å². The SMILES string of the molecule is CC(C)C(=O)CC1CC1c1ccccc1. The van der Waals surface area contributed by atoms with Crippen molar-refractivity contribution in [2.24, 2.45) is 11.8 Å². The van der Waals surface area contributed by atoms with E-state index in [1.54, 1.807) is 0 Å². The number of ketones is 1. The van der Waals surface area contributed by atoms with Gasteiger partial charge in [0.1, 0.15) is 5.78 Å². The molecule has 80 valence electrons. The number of hydrogen-bond donors (Lipinski definition) is 0. The predicted molar refractivity (Wildman–Crippen MR) is 61.8 cm³/mol. The van der Waals surface area contributed by atoms with Gasteiger partial charge in [0, 0.05) is 12.3 Å². The quantitative estimate of drug-likeness (QED) is 0.731. The fraction of sp³-hybridized carbons (Fsp3) is 0.500. The van der Waals surface area contributed by atoms with Crippen LogP contribution in [0.25, 0.3) is 0 Å². The first-order valence-electron chi connectivity index (χ1n) is 5.76. The Morgan fingerprint density at radius 2 is 2.00 bits per heavy atom. The van der Waals surface area contributed by atoms with E-state index in [0.717, 1.165) is 6.42 Å². The van der Waals surface area contributed by atoms with E-state index in [9.17, 15) is 4.79 Å². The lowest BCUT2D eigenvalue weighted by atomic mass is 10.0. The maximum atomic E-state index is 11.6. The van der Waals surface area contributed by atoms with Crippen LogP contribution in [0.1, 0.15) is 38.2 Å². The van der Waals surface area contributed by atoms with Crippen molar-refractivity contribution in [1.82, 2.24) is 0 Å². The molecule has 1 heteroatoms. The van der Waals surface area contributed by atoms with Gasteiger partial charge in [-0.3, -0.25) is 4.79 Å². The van der Waals surface area contributed by atoms with Crippen LogP contribution in [0.2, 0.25) is 0 Å². The maximum Gasteiger partial charge on any atom is 0.135 e. The lowest BCUT2D eigenvalue weighted by Crippen LogP contribution is -2.07. The average molecular weight is 202 g/mol. The first-order valence-corrected chi connectivity index (χ1v) is 5.76. The molecule has 2 unspecified atom stereocenters. The zero-order valence-corrected chi connectivity index (χ0v) is 9.44. The molecule has 0 radical (unpaired) electrons. The molecule has 2 atom stereocenters. The van der Waals surface area contributed by atoms with Gasteiger partial charge < -0.3 is 0 Å². The fourth-order valence-corrected chi connectivity index (χ4v) is 2.08. The normalized spacial score (nSPS) is 24.2. The highest BCUT2D eigenvalue weighted by Gasteiger charge is 2.39. The second kappa shape index (κ2) is 4.18. The summed E-state index contributed by atoms with van der Waals surface area (Å²) in [5.41, 5.74) is 1.40. The van der Waals surface area contributed by atoms with Gasteiger partial charge in [-0.1, -0.05) is 44.2 Å². The van der Waals surface area contributed by atoms with Crippen LogP contribution in [0.3, 0.4) is 0 Å². The Labute approximate surface area is 91.5 Å². The van der Waals surface area contributed by atoms with Crippen LogP contribution in [-0.4, -0.2) is 5.78 Å². The standard InChI is InChI=1S/C14H18O/c1-10(2)14(15)9-12-8-13(12)11-6-4-3-5-7-11/h3-7,10,12-13H,8-9H2,1-2H3. The minimum atomic E-state index is 0.196. The van der Waals surface area contributed by atoms with Gasteiger partial charge in [0.15, 0.2) is 0 Å². The lowest BCUT2D eigenvalue weighted by Gasteiger charge is -2.03. The molecule has 0 aromatic heterocycles.